The van der Waals surface area contributed by atoms with E-state index in [0.29, 0.717) is 26.1 Å². The van der Waals surface area contributed by atoms with Crippen molar-refractivity contribution in [3.63, 3.8) is 0 Å². The number of aromatic amines is 1. The van der Waals surface area contributed by atoms with Crippen LogP contribution in [0.25, 0.3) is 11.0 Å². The Morgan fingerprint density at radius 1 is 1.24 bits per heavy atom. The number of aromatic nitrogens is 2. The van der Waals surface area contributed by atoms with E-state index >= 15 is 0 Å². The predicted molar refractivity (Wildman–Crippen MR) is 106 cm³/mol. The second kappa shape index (κ2) is 7.82. The van der Waals surface area contributed by atoms with E-state index in [9.17, 15) is 18.4 Å². The number of amides is 1. The Balaban J connectivity index is 1.31. The van der Waals surface area contributed by atoms with Crippen LogP contribution in [-0.4, -0.2) is 57.8 Å². The maximum atomic E-state index is 12.9. The first-order valence-electron chi connectivity index (χ1n) is 10.2. The molecule has 1 saturated heterocycles. The zero-order chi connectivity index (χ0) is 20.6. The number of H-pyrrole nitrogens is 1. The molecule has 8 heteroatoms. The highest BCUT2D eigenvalue weighted by molar-refractivity contribution is 5.77. The second-order valence-corrected chi connectivity index (χ2v) is 8.24. The van der Waals surface area contributed by atoms with Gasteiger partial charge < -0.3 is 9.88 Å². The number of halogens is 2. The van der Waals surface area contributed by atoms with Gasteiger partial charge in [-0.1, -0.05) is 6.92 Å². The van der Waals surface area contributed by atoms with Crippen molar-refractivity contribution in [2.45, 2.75) is 45.1 Å². The molecule has 1 N–H and O–H groups in total. The maximum absolute atomic E-state index is 12.9. The molecule has 2 aromatic heterocycles. The number of pyridine rings is 2. The third kappa shape index (κ3) is 4.47. The number of carbonyl (C=O) groups excluding carboxylic acids is 1. The summed E-state index contributed by atoms with van der Waals surface area (Å²) in [6.07, 6.45) is 2.41. The fourth-order valence-electron chi connectivity index (χ4n) is 4.23. The van der Waals surface area contributed by atoms with E-state index in [1.165, 1.54) is 0 Å². The van der Waals surface area contributed by atoms with Crippen LogP contribution in [0, 0.1) is 5.92 Å². The highest BCUT2D eigenvalue weighted by Crippen LogP contribution is 2.44. The molecule has 29 heavy (non-hydrogen) atoms. The van der Waals surface area contributed by atoms with Gasteiger partial charge in [0.25, 0.3) is 5.56 Å². The fraction of sp³-hybridized carbons (Fsp3) is 0.571. The van der Waals surface area contributed by atoms with Gasteiger partial charge in [0, 0.05) is 63.7 Å². The van der Waals surface area contributed by atoms with Crippen molar-refractivity contribution in [2.75, 3.05) is 26.2 Å². The van der Waals surface area contributed by atoms with Crippen molar-refractivity contribution in [3.05, 3.63) is 39.8 Å². The summed E-state index contributed by atoms with van der Waals surface area (Å²) in [6, 6.07) is 3.79. The van der Waals surface area contributed by atoms with Gasteiger partial charge in [-0.15, -0.1) is 0 Å². The minimum atomic E-state index is -2.57. The summed E-state index contributed by atoms with van der Waals surface area (Å²) < 4.78 is 25.9. The van der Waals surface area contributed by atoms with Gasteiger partial charge in [-0.2, -0.15) is 0 Å². The van der Waals surface area contributed by atoms with Crippen molar-refractivity contribution in [3.8, 4) is 0 Å². The fourth-order valence-corrected chi connectivity index (χ4v) is 4.23. The van der Waals surface area contributed by atoms with Crippen molar-refractivity contribution < 1.29 is 13.6 Å². The van der Waals surface area contributed by atoms with Crippen molar-refractivity contribution in [2.24, 2.45) is 5.92 Å². The number of aryl methyl sites for hydroxylation is 1. The van der Waals surface area contributed by atoms with Crippen LogP contribution in [0.3, 0.4) is 0 Å². The Morgan fingerprint density at radius 3 is 2.62 bits per heavy atom. The average Bonchev–Trinajstić information content (AvgIpc) is 2.66. The summed E-state index contributed by atoms with van der Waals surface area (Å²) in [7, 11) is 0. The third-order valence-electron chi connectivity index (χ3n) is 5.98. The van der Waals surface area contributed by atoms with Crippen LogP contribution in [0.2, 0.25) is 0 Å². The van der Waals surface area contributed by atoms with E-state index < -0.39 is 5.92 Å². The lowest BCUT2D eigenvalue weighted by Crippen LogP contribution is -2.49. The first-order chi connectivity index (χ1) is 13.8. The molecule has 2 aliphatic rings. The largest absolute Gasteiger partial charge is 0.340 e. The van der Waals surface area contributed by atoms with Crippen LogP contribution in [0.4, 0.5) is 8.78 Å². The second-order valence-electron chi connectivity index (χ2n) is 8.24. The lowest BCUT2D eigenvalue weighted by molar-refractivity contribution is -0.143. The van der Waals surface area contributed by atoms with Gasteiger partial charge in [-0.25, -0.2) is 8.78 Å². The quantitative estimate of drug-likeness (QED) is 0.832. The molecule has 1 aliphatic heterocycles. The van der Waals surface area contributed by atoms with Crippen molar-refractivity contribution in [1.29, 1.82) is 0 Å². The van der Waals surface area contributed by atoms with E-state index in [2.05, 4.69) is 14.9 Å². The topological polar surface area (TPSA) is 69.3 Å². The molecule has 0 bridgehead atoms. The number of rotatable bonds is 5. The Labute approximate surface area is 167 Å². The molecule has 0 spiro atoms. The highest BCUT2D eigenvalue weighted by atomic mass is 19.3. The molecule has 1 aliphatic carbocycles. The van der Waals surface area contributed by atoms with Crippen LogP contribution in [0.1, 0.15) is 37.3 Å². The number of fused-ring (bicyclic) bond motifs is 1. The molecule has 156 valence electrons. The number of carbonyl (C=O) groups is 1. The lowest BCUT2D eigenvalue weighted by atomic mass is 9.79. The minimum Gasteiger partial charge on any atom is -0.340 e. The SMILES string of the molecule is CCc1cc2ncc(CN3CCN(C(=O)CC4CC(F)(F)C4)CC3)cc2[nH]c1=O. The summed E-state index contributed by atoms with van der Waals surface area (Å²) in [6.45, 7) is 5.32. The number of alkyl halides is 2. The zero-order valence-electron chi connectivity index (χ0n) is 16.6. The molecule has 1 amide bonds. The third-order valence-corrected chi connectivity index (χ3v) is 5.98. The Morgan fingerprint density at radius 2 is 1.97 bits per heavy atom. The van der Waals surface area contributed by atoms with Gasteiger partial charge in [0.1, 0.15) is 0 Å². The van der Waals surface area contributed by atoms with E-state index in [-0.39, 0.29) is 36.6 Å². The van der Waals surface area contributed by atoms with Gasteiger partial charge in [0.05, 0.1) is 11.0 Å². The average molecular weight is 404 g/mol. The van der Waals surface area contributed by atoms with Crippen LogP contribution in [-0.2, 0) is 17.8 Å². The molecule has 4 rings (SSSR count). The van der Waals surface area contributed by atoms with Crippen LogP contribution in [0.5, 0.6) is 0 Å². The summed E-state index contributed by atoms with van der Waals surface area (Å²) in [4.78, 5) is 35.8. The van der Waals surface area contributed by atoms with Crippen molar-refractivity contribution in [1.82, 2.24) is 19.8 Å². The van der Waals surface area contributed by atoms with Crippen LogP contribution in [0.15, 0.2) is 23.1 Å². The number of hydrogen-bond acceptors (Lipinski definition) is 4. The molecular formula is C21H26F2N4O2. The Bertz CT molecular complexity index is 959. The first-order valence-corrected chi connectivity index (χ1v) is 10.2. The monoisotopic (exact) mass is 404 g/mol. The van der Waals surface area contributed by atoms with E-state index in [0.717, 1.165) is 35.2 Å². The van der Waals surface area contributed by atoms with Crippen molar-refractivity contribution >= 4 is 16.9 Å². The van der Waals surface area contributed by atoms with Gasteiger partial charge in [-0.3, -0.25) is 19.5 Å². The summed E-state index contributed by atoms with van der Waals surface area (Å²) in [5.74, 6) is -2.75. The van der Waals surface area contributed by atoms with E-state index in [1.807, 2.05) is 25.3 Å². The molecule has 0 radical (unpaired) electrons. The first kappa shape index (κ1) is 19.9. The van der Waals surface area contributed by atoms with E-state index in [4.69, 9.17) is 0 Å². The van der Waals surface area contributed by atoms with E-state index in [1.54, 1.807) is 4.90 Å². The Kier molecular flexibility index (Phi) is 5.38. The molecule has 2 aromatic rings. The number of hydrogen-bond donors (Lipinski definition) is 1. The summed E-state index contributed by atoms with van der Waals surface area (Å²) in [5.41, 5.74) is 3.17. The number of piperazine rings is 1. The molecule has 0 atom stereocenters. The highest BCUT2D eigenvalue weighted by Gasteiger charge is 2.46. The van der Waals surface area contributed by atoms with Crippen LogP contribution >= 0.6 is 0 Å². The van der Waals surface area contributed by atoms with Gasteiger partial charge in [0.15, 0.2) is 0 Å². The van der Waals surface area contributed by atoms with Crippen LogP contribution < -0.4 is 5.56 Å². The maximum Gasteiger partial charge on any atom is 0.251 e. The summed E-state index contributed by atoms with van der Waals surface area (Å²) in [5, 5.41) is 0. The number of nitrogens with zero attached hydrogens (tertiary/aromatic N) is 3. The Hall–Kier alpha value is -2.35. The van der Waals surface area contributed by atoms with Gasteiger partial charge in [-0.05, 0) is 30.0 Å². The standard InChI is InChI=1S/C21H26F2N4O2/c1-2-16-9-17-18(25-20(16)29)7-15(12-24-17)13-26-3-5-27(6-4-26)19(28)8-14-10-21(22,23)11-14/h7,9,12,14H,2-6,8,10-11,13H2,1H3,(H,25,29). The summed E-state index contributed by atoms with van der Waals surface area (Å²) >= 11 is 0. The molecule has 2 fully saturated rings. The molecule has 0 unspecified atom stereocenters. The molecule has 3 heterocycles. The molecule has 0 aromatic carbocycles. The lowest BCUT2D eigenvalue weighted by Gasteiger charge is -2.38. The molecule has 1 saturated carbocycles. The number of nitrogens with one attached hydrogen (secondary N) is 1. The predicted octanol–water partition coefficient (Wildman–Crippen LogP) is 2.57. The molecular weight excluding hydrogens is 378 g/mol. The minimum absolute atomic E-state index is 0.0122. The van der Waals surface area contributed by atoms with Gasteiger partial charge >= 0.3 is 0 Å². The smallest absolute Gasteiger partial charge is 0.251 e. The zero-order valence-corrected chi connectivity index (χ0v) is 16.6. The van der Waals surface area contributed by atoms with Gasteiger partial charge in [0.2, 0.25) is 11.8 Å². The molecule has 6 nitrogen and oxygen atoms in total. The normalized spacial score (nSPS) is 20.0.